The lowest BCUT2D eigenvalue weighted by Crippen LogP contribution is -2.34. The van der Waals surface area contributed by atoms with Crippen molar-refractivity contribution in [1.82, 2.24) is 4.98 Å². The average molecular weight is 260 g/mol. The first-order chi connectivity index (χ1) is 6.30. The maximum absolute atomic E-state index is 5.51. The van der Waals surface area contributed by atoms with Gasteiger partial charge in [-0.1, -0.05) is 50.5 Å². The van der Waals surface area contributed by atoms with E-state index in [9.17, 15) is 0 Å². The Hall–Kier alpha value is -0.310. The highest BCUT2D eigenvalue weighted by atomic mass is 79.9. The second-order valence-corrected chi connectivity index (χ2v) is 5.70. The van der Waals surface area contributed by atoms with Crippen molar-refractivity contribution < 1.29 is 4.42 Å². The van der Waals surface area contributed by atoms with E-state index in [4.69, 9.17) is 4.42 Å². The highest BCUT2D eigenvalue weighted by Gasteiger charge is 2.39. The van der Waals surface area contributed by atoms with Gasteiger partial charge in [0.25, 0.3) is 0 Å². The van der Waals surface area contributed by atoms with Gasteiger partial charge in [0.05, 0.1) is 5.69 Å². The molecule has 0 aliphatic rings. The molecule has 3 heteroatoms. The number of rotatable bonds is 2. The summed E-state index contributed by atoms with van der Waals surface area (Å²) >= 11 is 3.42. The Kier molecular flexibility index (Phi) is 3.10. The lowest BCUT2D eigenvalue weighted by molar-refractivity contribution is 0.188. The van der Waals surface area contributed by atoms with Gasteiger partial charge in [-0.05, 0) is 5.41 Å². The minimum atomic E-state index is -0.00734. The fraction of sp³-hybridized carbons (Fsp3) is 0.727. The molecule has 14 heavy (non-hydrogen) atoms. The third kappa shape index (κ3) is 1.88. The van der Waals surface area contributed by atoms with Gasteiger partial charge in [0.2, 0.25) is 0 Å². The first kappa shape index (κ1) is 11.8. The molecule has 80 valence electrons. The van der Waals surface area contributed by atoms with Crippen LogP contribution in [0, 0.1) is 5.41 Å². The molecule has 0 bridgehead atoms. The molecule has 0 spiro atoms. The zero-order chi connectivity index (χ0) is 11.0. The summed E-state index contributed by atoms with van der Waals surface area (Å²) in [5, 5.41) is 0.748. The minimum Gasteiger partial charge on any atom is -0.448 e. The molecule has 1 heterocycles. The van der Waals surface area contributed by atoms with Crippen LogP contribution in [0.3, 0.4) is 0 Å². The third-order valence-electron chi connectivity index (χ3n) is 3.21. The number of nitrogens with zero attached hydrogens (tertiary/aromatic N) is 1. The van der Waals surface area contributed by atoms with Crippen LogP contribution in [0.4, 0.5) is 0 Å². The first-order valence-corrected chi connectivity index (χ1v) is 5.91. The van der Waals surface area contributed by atoms with Gasteiger partial charge in [0, 0.05) is 10.7 Å². The van der Waals surface area contributed by atoms with Gasteiger partial charge in [-0.2, -0.15) is 0 Å². The summed E-state index contributed by atoms with van der Waals surface area (Å²) in [7, 11) is 0. The minimum absolute atomic E-state index is 0.00734. The summed E-state index contributed by atoms with van der Waals surface area (Å²) in [6.45, 7) is 11.0. The van der Waals surface area contributed by atoms with Crippen molar-refractivity contribution in [1.29, 1.82) is 0 Å². The predicted molar refractivity (Wildman–Crippen MR) is 61.6 cm³/mol. The molecule has 1 aromatic heterocycles. The van der Waals surface area contributed by atoms with Crippen LogP contribution in [0.2, 0.25) is 0 Å². The Morgan fingerprint density at radius 1 is 1.29 bits per heavy atom. The van der Waals surface area contributed by atoms with Crippen LogP contribution >= 0.6 is 15.9 Å². The number of aromatic nitrogens is 1. The molecule has 0 aliphatic heterocycles. The van der Waals surface area contributed by atoms with Crippen molar-refractivity contribution in [2.75, 3.05) is 0 Å². The molecule has 0 saturated carbocycles. The van der Waals surface area contributed by atoms with Crippen LogP contribution in [0.5, 0.6) is 0 Å². The Balaban J connectivity index is 3.16. The SMILES string of the molecule is CC(C)(C)C(C)(C)c1ocnc1CBr. The van der Waals surface area contributed by atoms with Crippen molar-refractivity contribution in [3.63, 3.8) is 0 Å². The van der Waals surface area contributed by atoms with Crippen LogP contribution in [-0.2, 0) is 10.7 Å². The maximum Gasteiger partial charge on any atom is 0.181 e. The van der Waals surface area contributed by atoms with E-state index in [0.29, 0.717) is 0 Å². The molecule has 0 amide bonds. The number of hydrogen-bond acceptors (Lipinski definition) is 2. The maximum atomic E-state index is 5.51. The van der Waals surface area contributed by atoms with Crippen molar-refractivity contribution in [2.45, 2.75) is 45.4 Å². The Morgan fingerprint density at radius 2 is 1.86 bits per heavy atom. The summed E-state index contributed by atoms with van der Waals surface area (Å²) in [4.78, 5) is 4.20. The molecule has 0 radical (unpaired) electrons. The largest absolute Gasteiger partial charge is 0.448 e. The number of alkyl halides is 1. The standard InChI is InChI=1S/C11H18BrNO/c1-10(2,3)11(4,5)9-8(6-12)13-7-14-9/h7H,6H2,1-5H3. The van der Waals surface area contributed by atoms with E-state index in [1.165, 1.54) is 6.39 Å². The fourth-order valence-corrected chi connectivity index (χ4v) is 1.61. The van der Waals surface area contributed by atoms with Crippen molar-refractivity contribution >= 4 is 15.9 Å². The summed E-state index contributed by atoms with van der Waals surface area (Å²) in [5.74, 6) is 0.988. The van der Waals surface area contributed by atoms with Crippen LogP contribution in [0.1, 0.15) is 46.1 Å². The molecule has 0 atom stereocenters. The predicted octanol–water partition coefficient (Wildman–Crippen LogP) is 3.89. The van der Waals surface area contributed by atoms with Gasteiger partial charge in [0.1, 0.15) is 5.76 Å². The molecular formula is C11H18BrNO. The van der Waals surface area contributed by atoms with E-state index in [1.807, 2.05) is 0 Å². The van der Waals surface area contributed by atoms with Crippen molar-refractivity contribution in [3.05, 3.63) is 17.8 Å². The van der Waals surface area contributed by atoms with Gasteiger partial charge in [-0.15, -0.1) is 0 Å². The summed E-state index contributed by atoms with van der Waals surface area (Å²) in [6, 6.07) is 0. The molecule has 0 aromatic carbocycles. The Bertz CT molecular complexity index is 309. The summed E-state index contributed by atoms with van der Waals surface area (Å²) < 4.78 is 5.51. The van der Waals surface area contributed by atoms with Crippen LogP contribution in [0.25, 0.3) is 0 Å². The van der Waals surface area contributed by atoms with Gasteiger partial charge in [-0.25, -0.2) is 4.98 Å². The highest BCUT2D eigenvalue weighted by Crippen LogP contribution is 2.42. The van der Waals surface area contributed by atoms with Crippen molar-refractivity contribution in [2.24, 2.45) is 5.41 Å². The smallest absolute Gasteiger partial charge is 0.181 e. The molecule has 0 N–H and O–H groups in total. The quantitative estimate of drug-likeness (QED) is 0.754. The van der Waals surface area contributed by atoms with Gasteiger partial charge in [-0.3, -0.25) is 0 Å². The normalized spacial score (nSPS) is 13.3. The highest BCUT2D eigenvalue weighted by molar-refractivity contribution is 9.08. The number of halogens is 1. The Morgan fingerprint density at radius 3 is 2.29 bits per heavy atom. The van der Waals surface area contributed by atoms with Gasteiger partial charge < -0.3 is 4.42 Å². The molecule has 1 rings (SSSR count). The first-order valence-electron chi connectivity index (χ1n) is 4.79. The van der Waals surface area contributed by atoms with E-state index in [2.05, 4.69) is 55.5 Å². The second-order valence-electron chi connectivity index (χ2n) is 5.14. The van der Waals surface area contributed by atoms with Crippen LogP contribution in [-0.4, -0.2) is 4.98 Å². The fourth-order valence-electron chi connectivity index (χ4n) is 1.21. The third-order valence-corrected chi connectivity index (χ3v) is 3.74. The lowest BCUT2D eigenvalue weighted by atomic mass is 9.67. The second kappa shape index (κ2) is 3.69. The van der Waals surface area contributed by atoms with E-state index in [0.717, 1.165) is 16.8 Å². The molecule has 0 unspecified atom stereocenters. The molecule has 0 saturated heterocycles. The van der Waals surface area contributed by atoms with E-state index in [-0.39, 0.29) is 10.8 Å². The average Bonchev–Trinajstić information content (AvgIpc) is 2.49. The molecule has 0 fully saturated rings. The lowest BCUT2D eigenvalue weighted by Gasteiger charge is -2.37. The topological polar surface area (TPSA) is 26.0 Å². The van der Waals surface area contributed by atoms with E-state index in [1.54, 1.807) is 0 Å². The molecule has 0 aliphatic carbocycles. The van der Waals surface area contributed by atoms with Gasteiger partial charge in [0.15, 0.2) is 6.39 Å². The van der Waals surface area contributed by atoms with Crippen molar-refractivity contribution in [3.8, 4) is 0 Å². The summed E-state index contributed by atoms with van der Waals surface area (Å²) in [6.07, 6.45) is 1.53. The zero-order valence-corrected chi connectivity index (χ0v) is 11.1. The van der Waals surface area contributed by atoms with Crippen LogP contribution < -0.4 is 0 Å². The van der Waals surface area contributed by atoms with Crippen LogP contribution in [0.15, 0.2) is 10.8 Å². The van der Waals surface area contributed by atoms with E-state index >= 15 is 0 Å². The monoisotopic (exact) mass is 259 g/mol. The molecule has 1 aromatic rings. The molecule has 2 nitrogen and oxygen atoms in total. The summed E-state index contributed by atoms with van der Waals surface area (Å²) in [5.41, 5.74) is 1.15. The zero-order valence-electron chi connectivity index (χ0n) is 9.52. The number of oxazole rings is 1. The molecular weight excluding hydrogens is 242 g/mol. The van der Waals surface area contributed by atoms with E-state index < -0.39 is 0 Å². The Labute approximate surface area is 94.2 Å². The number of hydrogen-bond donors (Lipinski definition) is 0. The van der Waals surface area contributed by atoms with Gasteiger partial charge >= 0.3 is 0 Å².